The van der Waals surface area contributed by atoms with E-state index in [2.05, 4.69) is 0 Å². The van der Waals surface area contributed by atoms with Crippen LogP contribution in [0.5, 0.6) is 0 Å². The molecule has 1 atom stereocenters. The normalized spacial score (nSPS) is 13.3. The number of halogens is 1. The number of rotatable bonds is 5. The van der Waals surface area contributed by atoms with Crippen LogP contribution in [0.4, 0.5) is 4.39 Å². The third kappa shape index (κ3) is 3.78. The standard InChI is InChI=1S/C11H14FNO4S/c1-18(16,17)10-4-2-7(6-8(10)12)9(13)3-5-11(14)15/h2,4,6,9H,3,5,13H2,1H3,(H,14,15). The van der Waals surface area contributed by atoms with Gasteiger partial charge < -0.3 is 10.8 Å². The van der Waals surface area contributed by atoms with Crippen LogP contribution in [0.15, 0.2) is 23.1 Å². The van der Waals surface area contributed by atoms with Crippen LogP contribution in [-0.2, 0) is 14.6 Å². The molecule has 0 saturated carbocycles. The molecule has 0 aliphatic rings. The van der Waals surface area contributed by atoms with Gasteiger partial charge in [0.2, 0.25) is 0 Å². The smallest absolute Gasteiger partial charge is 0.303 e. The first-order valence-electron chi connectivity index (χ1n) is 5.18. The van der Waals surface area contributed by atoms with Gasteiger partial charge in [0.25, 0.3) is 0 Å². The lowest BCUT2D eigenvalue weighted by Gasteiger charge is -2.11. The second-order valence-corrected chi connectivity index (χ2v) is 5.99. The van der Waals surface area contributed by atoms with E-state index in [0.717, 1.165) is 18.4 Å². The first-order chi connectivity index (χ1) is 8.21. The fraction of sp³-hybridized carbons (Fsp3) is 0.364. The number of hydrogen-bond donors (Lipinski definition) is 2. The highest BCUT2D eigenvalue weighted by Crippen LogP contribution is 2.21. The second-order valence-electron chi connectivity index (χ2n) is 4.00. The molecule has 0 aromatic heterocycles. The monoisotopic (exact) mass is 275 g/mol. The summed E-state index contributed by atoms with van der Waals surface area (Å²) in [7, 11) is -3.61. The maximum Gasteiger partial charge on any atom is 0.303 e. The van der Waals surface area contributed by atoms with Crippen LogP contribution in [0, 0.1) is 5.82 Å². The molecule has 0 amide bonds. The van der Waals surface area contributed by atoms with E-state index in [1.807, 2.05) is 0 Å². The Labute approximate surface area is 104 Å². The van der Waals surface area contributed by atoms with Crippen LogP contribution in [0.2, 0.25) is 0 Å². The van der Waals surface area contributed by atoms with Gasteiger partial charge in [0.1, 0.15) is 10.7 Å². The molecule has 1 unspecified atom stereocenters. The third-order valence-electron chi connectivity index (χ3n) is 2.45. The number of nitrogens with two attached hydrogens (primary N) is 1. The molecule has 0 radical (unpaired) electrons. The predicted molar refractivity (Wildman–Crippen MR) is 63.3 cm³/mol. The zero-order chi connectivity index (χ0) is 13.9. The summed E-state index contributed by atoms with van der Waals surface area (Å²) in [6, 6.07) is 2.93. The molecule has 3 N–H and O–H groups in total. The molecule has 0 bridgehead atoms. The zero-order valence-electron chi connectivity index (χ0n) is 9.76. The van der Waals surface area contributed by atoms with E-state index in [9.17, 15) is 17.6 Å². The summed E-state index contributed by atoms with van der Waals surface area (Å²) < 4.78 is 36.0. The summed E-state index contributed by atoms with van der Waals surface area (Å²) in [6.07, 6.45) is 0.944. The number of aliphatic carboxylic acids is 1. The van der Waals surface area contributed by atoms with Gasteiger partial charge in [-0.05, 0) is 24.1 Å². The van der Waals surface area contributed by atoms with Crippen LogP contribution < -0.4 is 5.73 Å². The summed E-state index contributed by atoms with van der Waals surface area (Å²) in [4.78, 5) is 9.99. The van der Waals surface area contributed by atoms with Gasteiger partial charge in [-0.2, -0.15) is 0 Å². The van der Waals surface area contributed by atoms with Crippen molar-refractivity contribution >= 4 is 15.8 Å². The molecule has 0 heterocycles. The minimum Gasteiger partial charge on any atom is -0.481 e. The van der Waals surface area contributed by atoms with Gasteiger partial charge >= 0.3 is 5.97 Å². The van der Waals surface area contributed by atoms with Crippen LogP contribution in [-0.4, -0.2) is 25.7 Å². The molecule has 7 heteroatoms. The average Bonchev–Trinajstić information content (AvgIpc) is 2.23. The van der Waals surface area contributed by atoms with Crippen molar-refractivity contribution in [3.05, 3.63) is 29.6 Å². The molecular formula is C11H14FNO4S. The predicted octanol–water partition coefficient (Wildman–Crippen LogP) is 1.09. The maximum absolute atomic E-state index is 13.6. The highest BCUT2D eigenvalue weighted by molar-refractivity contribution is 7.90. The van der Waals surface area contributed by atoms with Crippen molar-refractivity contribution in [1.29, 1.82) is 0 Å². The quantitative estimate of drug-likeness (QED) is 0.838. The molecule has 18 heavy (non-hydrogen) atoms. The van der Waals surface area contributed by atoms with Crippen molar-refractivity contribution in [3.8, 4) is 0 Å². The van der Waals surface area contributed by atoms with Gasteiger partial charge in [0.05, 0.1) is 0 Å². The Kier molecular flexibility index (Phi) is 4.42. The van der Waals surface area contributed by atoms with E-state index in [1.54, 1.807) is 0 Å². The van der Waals surface area contributed by atoms with Crippen molar-refractivity contribution in [2.24, 2.45) is 5.73 Å². The molecule has 0 aliphatic heterocycles. The number of carboxylic acids is 1. The second kappa shape index (κ2) is 5.45. The van der Waals surface area contributed by atoms with Crippen LogP contribution in [0.1, 0.15) is 24.4 Å². The summed E-state index contributed by atoms with van der Waals surface area (Å²) in [5.74, 6) is -1.86. The van der Waals surface area contributed by atoms with E-state index < -0.39 is 32.6 Å². The molecule has 5 nitrogen and oxygen atoms in total. The molecule has 1 aromatic carbocycles. The molecule has 1 aromatic rings. The Morgan fingerprint density at radius 2 is 2.11 bits per heavy atom. The van der Waals surface area contributed by atoms with Crippen LogP contribution in [0.25, 0.3) is 0 Å². The molecule has 100 valence electrons. The van der Waals surface area contributed by atoms with Gasteiger partial charge in [0.15, 0.2) is 9.84 Å². The molecule has 1 rings (SSSR count). The minimum absolute atomic E-state index is 0.128. The number of benzene rings is 1. The molecule has 0 aliphatic carbocycles. The van der Waals surface area contributed by atoms with Gasteiger partial charge in [0, 0.05) is 18.7 Å². The Morgan fingerprint density at radius 1 is 1.50 bits per heavy atom. The number of carboxylic acid groups (broad SMARTS) is 1. The topological polar surface area (TPSA) is 97.5 Å². The highest BCUT2D eigenvalue weighted by Gasteiger charge is 2.16. The van der Waals surface area contributed by atoms with Crippen LogP contribution >= 0.6 is 0 Å². The van der Waals surface area contributed by atoms with Crippen LogP contribution in [0.3, 0.4) is 0 Å². The van der Waals surface area contributed by atoms with Gasteiger partial charge in [-0.1, -0.05) is 6.07 Å². The number of carbonyl (C=O) groups is 1. The molecular weight excluding hydrogens is 261 g/mol. The Morgan fingerprint density at radius 3 is 2.56 bits per heavy atom. The largest absolute Gasteiger partial charge is 0.481 e. The van der Waals surface area contributed by atoms with Crippen molar-refractivity contribution in [2.45, 2.75) is 23.8 Å². The summed E-state index contributed by atoms with van der Waals surface area (Å²) >= 11 is 0. The lowest BCUT2D eigenvalue weighted by atomic mass is 10.0. The number of hydrogen-bond acceptors (Lipinski definition) is 4. The van der Waals surface area contributed by atoms with E-state index >= 15 is 0 Å². The van der Waals surface area contributed by atoms with Gasteiger partial charge in [-0.3, -0.25) is 4.79 Å². The highest BCUT2D eigenvalue weighted by atomic mass is 32.2. The van der Waals surface area contributed by atoms with Gasteiger partial charge in [-0.15, -0.1) is 0 Å². The lowest BCUT2D eigenvalue weighted by Crippen LogP contribution is -2.13. The van der Waals surface area contributed by atoms with Crippen molar-refractivity contribution in [1.82, 2.24) is 0 Å². The fourth-order valence-corrected chi connectivity index (χ4v) is 2.22. The first kappa shape index (κ1) is 14.6. The Balaban J connectivity index is 2.94. The average molecular weight is 275 g/mol. The van der Waals surface area contributed by atoms with E-state index in [1.165, 1.54) is 6.07 Å². The SMILES string of the molecule is CS(=O)(=O)c1ccc(C(N)CCC(=O)O)cc1F. The zero-order valence-corrected chi connectivity index (χ0v) is 10.6. The minimum atomic E-state index is -3.61. The summed E-state index contributed by atoms with van der Waals surface area (Å²) in [6.45, 7) is 0. The third-order valence-corrected chi connectivity index (χ3v) is 3.58. The first-order valence-corrected chi connectivity index (χ1v) is 7.08. The number of sulfone groups is 1. The van der Waals surface area contributed by atoms with Crippen molar-refractivity contribution in [2.75, 3.05) is 6.26 Å². The molecule has 0 fully saturated rings. The van der Waals surface area contributed by atoms with Gasteiger partial charge in [-0.25, -0.2) is 12.8 Å². The molecule has 0 spiro atoms. The van der Waals surface area contributed by atoms with E-state index in [4.69, 9.17) is 10.8 Å². The fourth-order valence-electron chi connectivity index (χ4n) is 1.49. The Bertz CT molecular complexity index is 556. The van der Waals surface area contributed by atoms with E-state index in [-0.39, 0.29) is 12.8 Å². The van der Waals surface area contributed by atoms with Crippen molar-refractivity contribution in [3.63, 3.8) is 0 Å². The van der Waals surface area contributed by atoms with E-state index in [0.29, 0.717) is 5.56 Å². The maximum atomic E-state index is 13.6. The van der Waals surface area contributed by atoms with Crippen molar-refractivity contribution < 1.29 is 22.7 Å². The summed E-state index contributed by atoms with van der Waals surface area (Å²) in [5.41, 5.74) is 6.07. The summed E-state index contributed by atoms with van der Waals surface area (Å²) in [5, 5.41) is 8.51. The Hall–Kier alpha value is -1.47. The molecule has 0 saturated heterocycles. The lowest BCUT2D eigenvalue weighted by molar-refractivity contribution is -0.137.